The quantitative estimate of drug-likeness (QED) is 0.696. The maximum atomic E-state index is 12.3. The molecule has 2 aromatic heterocycles. The molecule has 0 bridgehead atoms. The number of ether oxygens (including phenoxy) is 1. The van der Waals surface area contributed by atoms with Crippen molar-refractivity contribution < 1.29 is 9.53 Å². The van der Waals surface area contributed by atoms with E-state index in [1.807, 2.05) is 51.2 Å². The van der Waals surface area contributed by atoms with E-state index in [1.165, 1.54) is 11.1 Å². The van der Waals surface area contributed by atoms with Crippen molar-refractivity contribution >= 4 is 17.1 Å². The normalized spacial score (nSPS) is 12.7. The zero-order chi connectivity index (χ0) is 19.4. The first kappa shape index (κ1) is 19.0. The largest absolute Gasteiger partial charge is 0.444 e. The van der Waals surface area contributed by atoms with E-state index in [2.05, 4.69) is 28.2 Å². The first-order chi connectivity index (χ1) is 12.8. The number of aromatic nitrogens is 2. The number of carbonyl (C=O) groups is 1. The van der Waals surface area contributed by atoms with E-state index in [1.54, 1.807) is 18.1 Å². The molecule has 2 heterocycles. The van der Waals surface area contributed by atoms with Crippen molar-refractivity contribution in [1.29, 1.82) is 0 Å². The molecule has 1 aromatic carbocycles. The standard InChI is InChI=1S/C22H27N3O2/c1-22(2,3)27-21(26)25(4)14-12-17(16-9-6-5-7-10-16)19-15-24-20-18(19)11-8-13-23-20/h5-11,13,15,17H,12,14H2,1-4H3,(H,23,24). The Morgan fingerprint density at radius 1 is 1.19 bits per heavy atom. The van der Waals surface area contributed by atoms with Crippen molar-refractivity contribution in [3.05, 3.63) is 66.0 Å². The van der Waals surface area contributed by atoms with Crippen LogP contribution in [0.25, 0.3) is 11.0 Å². The van der Waals surface area contributed by atoms with Crippen LogP contribution in [0.4, 0.5) is 4.79 Å². The Labute approximate surface area is 160 Å². The fourth-order valence-corrected chi connectivity index (χ4v) is 3.21. The van der Waals surface area contributed by atoms with Crippen LogP contribution < -0.4 is 0 Å². The molecule has 3 aromatic rings. The van der Waals surface area contributed by atoms with Crippen molar-refractivity contribution in [3.8, 4) is 0 Å². The molecule has 0 spiro atoms. The maximum absolute atomic E-state index is 12.3. The van der Waals surface area contributed by atoms with Crippen molar-refractivity contribution in [2.75, 3.05) is 13.6 Å². The van der Waals surface area contributed by atoms with E-state index >= 15 is 0 Å². The zero-order valence-electron chi connectivity index (χ0n) is 16.4. The summed E-state index contributed by atoms with van der Waals surface area (Å²) in [6, 6.07) is 14.4. The molecule has 3 rings (SSSR count). The third-order valence-corrected chi connectivity index (χ3v) is 4.52. The molecule has 0 aliphatic heterocycles. The van der Waals surface area contributed by atoms with Crippen molar-refractivity contribution in [2.45, 2.75) is 38.7 Å². The van der Waals surface area contributed by atoms with E-state index in [0.717, 1.165) is 17.5 Å². The van der Waals surface area contributed by atoms with Gasteiger partial charge in [-0.2, -0.15) is 0 Å². The molecule has 0 aliphatic carbocycles. The predicted octanol–water partition coefficient (Wildman–Crippen LogP) is 4.95. The van der Waals surface area contributed by atoms with Gasteiger partial charge in [0.25, 0.3) is 0 Å². The Morgan fingerprint density at radius 2 is 1.93 bits per heavy atom. The molecule has 0 saturated heterocycles. The number of H-pyrrole nitrogens is 1. The Bertz CT molecular complexity index is 897. The van der Waals surface area contributed by atoms with Crippen LogP contribution in [0.1, 0.15) is 44.2 Å². The molecule has 5 heteroatoms. The van der Waals surface area contributed by atoms with Crippen molar-refractivity contribution in [3.63, 3.8) is 0 Å². The Kier molecular flexibility index (Phi) is 5.49. The van der Waals surface area contributed by atoms with Crippen LogP contribution in [0.15, 0.2) is 54.9 Å². The van der Waals surface area contributed by atoms with Gasteiger partial charge in [0.15, 0.2) is 0 Å². The van der Waals surface area contributed by atoms with E-state index in [-0.39, 0.29) is 12.0 Å². The van der Waals surface area contributed by atoms with Gasteiger partial charge in [0, 0.05) is 37.3 Å². The number of carbonyl (C=O) groups excluding carboxylic acids is 1. The van der Waals surface area contributed by atoms with Crippen LogP contribution in [-0.2, 0) is 4.74 Å². The smallest absolute Gasteiger partial charge is 0.410 e. The molecule has 1 N–H and O–H groups in total. The first-order valence-corrected chi connectivity index (χ1v) is 9.26. The van der Waals surface area contributed by atoms with Gasteiger partial charge in [-0.15, -0.1) is 0 Å². The van der Waals surface area contributed by atoms with Crippen LogP contribution >= 0.6 is 0 Å². The lowest BCUT2D eigenvalue weighted by atomic mass is 9.88. The van der Waals surface area contributed by atoms with Gasteiger partial charge in [0.2, 0.25) is 0 Å². The van der Waals surface area contributed by atoms with Crippen LogP contribution in [0.5, 0.6) is 0 Å². The summed E-state index contributed by atoms with van der Waals surface area (Å²) in [6.45, 7) is 6.24. The molecule has 0 radical (unpaired) electrons. The number of nitrogens with one attached hydrogen (secondary N) is 1. The topological polar surface area (TPSA) is 58.2 Å². The van der Waals surface area contributed by atoms with E-state index in [4.69, 9.17) is 4.74 Å². The van der Waals surface area contributed by atoms with Gasteiger partial charge in [-0.25, -0.2) is 9.78 Å². The average molecular weight is 365 g/mol. The highest BCUT2D eigenvalue weighted by molar-refractivity contribution is 5.80. The van der Waals surface area contributed by atoms with E-state index in [0.29, 0.717) is 6.54 Å². The van der Waals surface area contributed by atoms with Crippen LogP contribution in [0, 0.1) is 0 Å². The van der Waals surface area contributed by atoms with Gasteiger partial charge in [0.1, 0.15) is 11.2 Å². The SMILES string of the molecule is CN(CCC(c1ccccc1)c1c[nH]c2ncccc12)C(=O)OC(C)(C)C. The number of pyridine rings is 1. The third-order valence-electron chi connectivity index (χ3n) is 4.52. The number of aromatic amines is 1. The van der Waals surface area contributed by atoms with E-state index in [9.17, 15) is 4.79 Å². The first-order valence-electron chi connectivity index (χ1n) is 9.26. The molecule has 27 heavy (non-hydrogen) atoms. The summed E-state index contributed by atoms with van der Waals surface area (Å²) < 4.78 is 5.47. The summed E-state index contributed by atoms with van der Waals surface area (Å²) in [5, 5.41) is 1.12. The van der Waals surface area contributed by atoms with Gasteiger partial charge in [0.05, 0.1) is 0 Å². The zero-order valence-corrected chi connectivity index (χ0v) is 16.4. The predicted molar refractivity (Wildman–Crippen MR) is 108 cm³/mol. The Hall–Kier alpha value is -2.82. The molecule has 1 amide bonds. The third kappa shape index (κ3) is 4.67. The van der Waals surface area contributed by atoms with Gasteiger partial charge in [-0.1, -0.05) is 30.3 Å². The lowest BCUT2D eigenvalue weighted by Gasteiger charge is -2.26. The lowest BCUT2D eigenvalue weighted by molar-refractivity contribution is 0.0295. The van der Waals surface area contributed by atoms with Crippen molar-refractivity contribution in [1.82, 2.24) is 14.9 Å². The summed E-state index contributed by atoms with van der Waals surface area (Å²) in [5.41, 5.74) is 2.81. The minimum Gasteiger partial charge on any atom is -0.444 e. The fraction of sp³-hybridized carbons (Fsp3) is 0.364. The molecule has 1 unspecified atom stereocenters. The maximum Gasteiger partial charge on any atom is 0.410 e. The van der Waals surface area contributed by atoms with Crippen LogP contribution in [0.2, 0.25) is 0 Å². The average Bonchev–Trinajstić information content (AvgIpc) is 3.05. The van der Waals surface area contributed by atoms with Crippen LogP contribution in [-0.4, -0.2) is 40.2 Å². The van der Waals surface area contributed by atoms with Gasteiger partial charge in [-0.3, -0.25) is 0 Å². The summed E-state index contributed by atoms with van der Waals surface area (Å²) >= 11 is 0. The summed E-state index contributed by atoms with van der Waals surface area (Å²) in [6.07, 6.45) is 4.32. The summed E-state index contributed by atoms with van der Waals surface area (Å²) in [4.78, 5) is 21.6. The second-order valence-electron chi connectivity index (χ2n) is 7.80. The summed E-state index contributed by atoms with van der Waals surface area (Å²) in [7, 11) is 1.78. The Morgan fingerprint density at radius 3 is 2.63 bits per heavy atom. The molecular weight excluding hydrogens is 338 g/mol. The lowest BCUT2D eigenvalue weighted by Crippen LogP contribution is -2.35. The minimum absolute atomic E-state index is 0.161. The number of amides is 1. The van der Waals surface area contributed by atoms with Crippen LogP contribution in [0.3, 0.4) is 0 Å². The highest BCUT2D eigenvalue weighted by Gasteiger charge is 2.23. The highest BCUT2D eigenvalue weighted by Crippen LogP contribution is 2.33. The monoisotopic (exact) mass is 365 g/mol. The number of benzene rings is 1. The molecular formula is C22H27N3O2. The molecule has 5 nitrogen and oxygen atoms in total. The second-order valence-corrected chi connectivity index (χ2v) is 7.80. The number of hydrogen-bond acceptors (Lipinski definition) is 3. The minimum atomic E-state index is -0.493. The summed E-state index contributed by atoms with van der Waals surface area (Å²) in [5.74, 6) is 0.161. The number of rotatable bonds is 5. The highest BCUT2D eigenvalue weighted by atomic mass is 16.6. The molecule has 0 saturated carbocycles. The number of nitrogens with zero attached hydrogens (tertiary/aromatic N) is 2. The molecule has 0 aliphatic rings. The molecule has 0 fully saturated rings. The van der Waals surface area contributed by atoms with E-state index < -0.39 is 5.60 Å². The molecule has 1 atom stereocenters. The van der Waals surface area contributed by atoms with Gasteiger partial charge < -0.3 is 14.6 Å². The number of fused-ring (bicyclic) bond motifs is 1. The van der Waals surface area contributed by atoms with Gasteiger partial charge in [-0.05, 0) is 50.5 Å². The molecule has 142 valence electrons. The second kappa shape index (κ2) is 7.82. The van der Waals surface area contributed by atoms with Gasteiger partial charge >= 0.3 is 6.09 Å². The van der Waals surface area contributed by atoms with Crippen molar-refractivity contribution in [2.24, 2.45) is 0 Å². The Balaban J connectivity index is 1.83. The number of hydrogen-bond donors (Lipinski definition) is 1. The fourth-order valence-electron chi connectivity index (χ4n) is 3.21.